The molecule has 2 aliphatic heterocycles. The molecule has 2 amide bonds. The summed E-state index contributed by atoms with van der Waals surface area (Å²) in [5.74, 6) is -0.225. The average molecular weight is 458 g/mol. The fourth-order valence-corrected chi connectivity index (χ4v) is 6.87. The number of ether oxygens (including phenoxy) is 1. The van der Waals surface area contributed by atoms with Crippen LogP contribution < -0.4 is 56.7 Å². The predicted molar refractivity (Wildman–Crippen MR) is 111 cm³/mol. The number of benzene rings is 1. The summed E-state index contributed by atoms with van der Waals surface area (Å²) in [4.78, 5) is 14.7. The second-order valence-corrected chi connectivity index (χ2v) is 11.0. The van der Waals surface area contributed by atoms with Crippen molar-refractivity contribution in [3.63, 3.8) is 0 Å². The first-order valence-electron chi connectivity index (χ1n) is 10.6. The number of amides is 2. The van der Waals surface area contributed by atoms with Crippen molar-refractivity contribution in [2.45, 2.75) is 51.0 Å². The van der Waals surface area contributed by atoms with Crippen LogP contribution >= 0.6 is 0 Å². The Balaban J connectivity index is 0.00000218. The molecular formula is C21H28KN3O4S. The molecule has 0 radical (unpaired) electrons. The van der Waals surface area contributed by atoms with E-state index < -0.39 is 16.1 Å². The van der Waals surface area contributed by atoms with Gasteiger partial charge in [-0.25, -0.2) is 8.42 Å². The third-order valence-corrected chi connectivity index (χ3v) is 8.06. The molecule has 9 heteroatoms. The Labute approximate surface area is 221 Å². The van der Waals surface area contributed by atoms with Gasteiger partial charge in [0.1, 0.15) is 0 Å². The van der Waals surface area contributed by atoms with E-state index in [4.69, 9.17) is 4.74 Å². The van der Waals surface area contributed by atoms with Gasteiger partial charge in [0.2, 0.25) is 0 Å². The van der Waals surface area contributed by atoms with Gasteiger partial charge in [-0.15, -0.1) is 0 Å². The monoisotopic (exact) mass is 457 g/mol. The van der Waals surface area contributed by atoms with Gasteiger partial charge in [0.05, 0.1) is 18.5 Å². The fourth-order valence-electron chi connectivity index (χ4n) is 5.82. The Morgan fingerprint density at radius 2 is 1.83 bits per heavy atom. The summed E-state index contributed by atoms with van der Waals surface area (Å²) in [6.45, 7) is 2.46. The summed E-state index contributed by atoms with van der Waals surface area (Å²) in [6.07, 6.45) is 6.39. The number of likely N-dealkylation sites (tertiary alicyclic amines) is 1. The summed E-state index contributed by atoms with van der Waals surface area (Å²) in [5.41, 5.74) is 5.83. The van der Waals surface area contributed by atoms with Gasteiger partial charge in [-0.2, -0.15) is 0 Å². The van der Waals surface area contributed by atoms with E-state index in [-0.39, 0.29) is 68.7 Å². The van der Waals surface area contributed by atoms with E-state index >= 15 is 0 Å². The van der Waals surface area contributed by atoms with Crippen molar-refractivity contribution >= 4 is 21.7 Å². The third kappa shape index (κ3) is 4.55. The zero-order valence-corrected chi connectivity index (χ0v) is 21.8. The molecule has 158 valence electrons. The molecule has 1 aromatic rings. The summed E-state index contributed by atoms with van der Waals surface area (Å²) in [7, 11) is -1.84. The summed E-state index contributed by atoms with van der Waals surface area (Å²) in [5, 5.41) is 2.84. The Kier molecular flexibility index (Phi) is 6.75. The number of carbonyl (C=O) groups is 1. The van der Waals surface area contributed by atoms with Gasteiger partial charge < -0.3 is 19.7 Å². The third-order valence-electron chi connectivity index (χ3n) is 6.82. The van der Waals surface area contributed by atoms with Gasteiger partial charge in [-0.05, 0) is 79.9 Å². The Morgan fingerprint density at radius 3 is 2.43 bits per heavy atom. The Morgan fingerprint density at radius 1 is 1.20 bits per heavy atom. The van der Waals surface area contributed by atoms with E-state index in [0.717, 1.165) is 57.3 Å². The molecule has 2 aliphatic carbocycles. The molecule has 2 fully saturated rings. The molecule has 7 nitrogen and oxygen atoms in total. The summed E-state index contributed by atoms with van der Waals surface area (Å²) < 4.78 is 34.3. The standard InChI is InChI=1S/C21H29N3O4S.K/c1-24-11-21(12-24)9-16(28-13-21)10-29(26,27)23-20(25)22-19-17-6-2-4-14(17)8-15-5-3-7-18(15)19;/h8,16H,2-7,9-13H2,1H3,(H2,22,23,25);/q;+1/p-1. The van der Waals surface area contributed by atoms with Crippen molar-refractivity contribution in [2.24, 2.45) is 5.41 Å². The van der Waals surface area contributed by atoms with Gasteiger partial charge in [0.15, 0.2) is 16.1 Å². The average Bonchev–Trinajstić information content (AvgIpc) is 3.32. The minimum Gasteiger partial charge on any atom is -0.423 e. The van der Waals surface area contributed by atoms with E-state index in [9.17, 15) is 13.2 Å². The maximum Gasteiger partial charge on any atom is 1.00 e. The van der Waals surface area contributed by atoms with Gasteiger partial charge in [0.25, 0.3) is 0 Å². The number of fused-ring (bicyclic) bond motifs is 2. The number of carbonyl (C=O) groups excluding carboxylic acids is 1. The van der Waals surface area contributed by atoms with Crippen LogP contribution in [0, 0.1) is 5.41 Å². The molecule has 0 bridgehead atoms. The second-order valence-electron chi connectivity index (χ2n) is 9.31. The SMILES string of the molecule is CN1CC2(COC(CS(=O)(=O)[N-]C(=O)Nc3c4c(cc5c3CCC5)CCC4)C2)C1.[K+]. The largest absolute Gasteiger partial charge is 1.00 e. The summed E-state index contributed by atoms with van der Waals surface area (Å²) in [6, 6.07) is 1.50. The molecule has 1 atom stereocenters. The topological polar surface area (TPSA) is 89.8 Å². The number of nitrogens with one attached hydrogen (secondary N) is 1. The number of hydrogen-bond acceptors (Lipinski definition) is 5. The smallest absolute Gasteiger partial charge is 0.423 e. The zero-order valence-electron chi connectivity index (χ0n) is 17.9. The van der Waals surface area contributed by atoms with Crippen LogP contribution in [0.25, 0.3) is 4.72 Å². The van der Waals surface area contributed by atoms with Crippen LogP contribution in [0.4, 0.5) is 10.5 Å². The van der Waals surface area contributed by atoms with E-state index in [0.29, 0.717) is 13.0 Å². The predicted octanol–water partition coefficient (Wildman–Crippen LogP) is -0.376. The summed E-state index contributed by atoms with van der Waals surface area (Å²) >= 11 is 0. The maximum atomic E-state index is 12.5. The minimum atomic E-state index is -3.89. The van der Waals surface area contributed by atoms with Crippen molar-refractivity contribution in [3.8, 4) is 0 Å². The molecule has 5 rings (SSSR count). The quantitative estimate of drug-likeness (QED) is 0.623. The molecular weight excluding hydrogens is 429 g/mol. The Hall–Kier alpha value is -0.00364. The number of nitrogens with zero attached hydrogens (tertiary/aromatic N) is 2. The van der Waals surface area contributed by atoms with E-state index in [1.165, 1.54) is 22.3 Å². The molecule has 2 heterocycles. The number of urea groups is 1. The zero-order chi connectivity index (χ0) is 20.2. The maximum absolute atomic E-state index is 12.5. The van der Waals surface area contributed by atoms with Crippen molar-refractivity contribution in [2.75, 3.05) is 37.8 Å². The number of hydrogen-bond donors (Lipinski definition) is 1. The van der Waals surface area contributed by atoms with Gasteiger partial charge in [-0.3, -0.25) is 4.79 Å². The molecule has 2 saturated heterocycles. The molecule has 1 spiro atoms. The second kappa shape index (κ2) is 8.74. The van der Waals surface area contributed by atoms with Crippen LogP contribution in [0.1, 0.15) is 41.5 Å². The number of anilines is 1. The molecule has 4 aliphatic rings. The first-order valence-corrected chi connectivity index (χ1v) is 12.2. The van der Waals surface area contributed by atoms with Crippen molar-refractivity contribution in [1.82, 2.24) is 4.90 Å². The Bertz CT molecular complexity index is 927. The van der Waals surface area contributed by atoms with Crippen molar-refractivity contribution < 1.29 is 69.3 Å². The van der Waals surface area contributed by atoms with Gasteiger partial charge in [0, 0.05) is 18.5 Å². The van der Waals surface area contributed by atoms with Crippen molar-refractivity contribution in [1.29, 1.82) is 0 Å². The van der Waals surface area contributed by atoms with Gasteiger partial charge in [-0.1, -0.05) is 6.07 Å². The fraction of sp³-hybridized carbons (Fsp3) is 0.667. The van der Waals surface area contributed by atoms with E-state index in [1.54, 1.807) is 0 Å². The van der Waals surface area contributed by atoms with E-state index in [2.05, 4.69) is 21.0 Å². The van der Waals surface area contributed by atoms with Crippen LogP contribution in [0.2, 0.25) is 0 Å². The van der Waals surface area contributed by atoms with Crippen LogP contribution in [0.5, 0.6) is 0 Å². The number of rotatable bonds is 4. The molecule has 1 N–H and O–H groups in total. The van der Waals surface area contributed by atoms with Gasteiger partial charge >= 0.3 is 51.4 Å². The molecule has 30 heavy (non-hydrogen) atoms. The first-order chi connectivity index (χ1) is 13.8. The minimum absolute atomic E-state index is 0. The van der Waals surface area contributed by atoms with Crippen LogP contribution in [0.15, 0.2) is 6.07 Å². The molecule has 1 aromatic carbocycles. The molecule has 0 aromatic heterocycles. The normalized spacial score (nSPS) is 24.1. The van der Waals surface area contributed by atoms with Crippen molar-refractivity contribution in [3.05, 3.63) is 33.0 Å². The van der Waals surface area contributed by atoms with Crippen LogP contribution in [0.3, 0.4) is 0 Å². The number of sulfonamides is 1. The first kappa shape index (κ1) is 23.2. The molecule has 0 saturated carbocycles. The molecule has 1 unspecified atom stereocenters. The van der Waals surface area contributed by atoms with E-state index in [1.807, 2.05) is 7.05 Å². The van der Waals surface area contributed by atoms with Crippen LogP contribution in [-0.2, 0) is 40.4 Å². The van der Waals surface area contributed by atoms with Crippen LogP contribution in [-0.4, -0.2) is 57.9 Å². The number of aryl methyl sites for hydroxylation is 2.